The van der Waals surface area contributed by atoms with Gasteiger partial charge in [-0.3, -0.25) is 0 Å². The van der Waals surface area contributed by atoms with Crippen molar-refractivity contribution in [2.75, 3.05) is 0 Å². The second-order valence-electron chi connectivity index (χ2n) is 2.48. The van der Waals surface area contributed by atoms with Crippen molar-refractivity contribution < 1.29 is 18.3 Å². The number of carbonyl (C=O) groups is 1. The van der Waals surface area contributed by atoms with Gasteiger partial charge in [-0.1, -0.05) is 23.2 Å². The zero-order chi connectivity index (χ0) is 11.8. The van der Waals surface area contributed by atoms with Gasteiger partial charge in [0, 0.05) is 10.7 Å². The SMILES string of the molecule is O=C(O)c1ccc(S(=O)(=O)Cl)c(Cl)c1Cl. The van der Waals surface area contributed by atoms with Gasteiger partial charge >= 0.3 is 5.97 Å². The minimum absolute atomic E-state index is 0.286. The Balaban J connectivity index is 3.55. The lowest BCUT2D eigenvalue weighted by Crippen LogP contribution is -2.00. The van der Waals surface area contributed by atoms with Gasteiger partial charge in [-0.15, -0.1) is 0 Å². The molecule has 0 aliphatic heterocycles. The Labute approximate surface area is 99.8 Å². The maximum atomic E-state index is 11.0. The molecule has 1 aromatic rings. The molecule has 0 aliphatic carbocycles. The Kier molecular flexibility index (Phi) is 3.50. The summed E-state index contributed by atoms with van der Waals surface area (Å²) < 4.78 is 21.9. The molecule has 0 fully saturated rings. The Morgan fingerprint density at radius 3 is 2.13 bits per heavy atom. The molecule has 1 aromatic carbocycles. The lowest BCUT2D eigenvalue weighted by molar-refractivity contribution is 0.0697. The predicted octanol–water partition coefficient (Wildman–Crippen LogP) is 2.62. The molecule has 0 aliphatic rings. The summed E-state index contributed by atoms with van der Waals surface area (Å²) in [7, 11) is 1.01. The first-order valence-corrected chi connectivity index (χ1v) is 6.47. The summed E-state index contributed by atoms with van der Waals surface area (Å²) in [5.74, 6) is -1.31. The molecule has 0 amide bonds. The van der Waals surface area contributed by atoms with Crippen molar-refractivity contribution in [1.82, 2.24) is 0 Å². The van der Waals surface area contributed by atoms with E-state index in [-0.39, 0.29) is 10.6 Å². The number of carboxylic acids is 1. The van der Waals surface area contributed by atoms with Crippen molar-refractivity contribution in [3.05, 3.63) is 27.7 Å². The Morgan fingerprint density at radius 2 is 1.73 bits per heavy atom. The van der Waals surface area contributed by atoms with Crippen molar-refractivity contribution in [3.63, 3.8) is 0 Å². The summed E-state index contributed by atoms with van der Waals surface area (Å²) >= 11 is 11.1. The summed E-state index contributed by atoms with van der Waals surface area (Å²) in [6, 6.07) is 2.01. The first kappa shape index (κ1) is 12.6. The maximum Gasteiger partial charge on any atom is 0.337 e. The van der Waals surface area contributed by atoms with E-state index in [4.69, 9.17) is 39.0 Å². The van der Waals surface area contributed by atoms with E-state index < -0.39 is 24.9 Å². The van der Waals surface area contributed by atoms with E-state index in [0.717, 1.165) is 12.1 Å². The van der Waals surface area contributed by atoms with Gasteiger partial charge in [0.05, 0.1) is 15.6 Å². The molecule has 0 saturated carbocycles. The minimum Gasteiger partial charge on any atom is -0.478 e. The van der Waals surface area contributed by atoms with Crippen molar-refractivity contribution >= 4 is 48.9 Å². The summed E-state index contributed by atoms with van der Waals surface area (Å²) in [6.07, 6.45) is 0. The van der Waals surface area contributed by atoms with E-state index in [9.17, 15) is 13.2 Å². The van der Waals surface area contributed by atoms with Crippen LogP contribution in [0, 0.1) is 0 Å². The van der Waals surface area contributed by atoms with Gasteiger partial charge in [0.1, 0.15) is 4.90 Å². The lowest BCUT2D eigenvalue weighted by Gasteiger charge is -2.04. The quantitative estimate of drug-likeness (QED) is 0.850. The molecular weight excluding hydrogens is 286 g/mol. The molecule has 0 unspecified atom stereocenters. The van der Waals surface area contributed by atoms with Gasteiger partial charge in [0.25, 0.3) is 9.05 Å². The number of rotatable bonds is 2. The smallest absolute Gasteiger partial charge is 0.337 e. The highest BCUT2D eigenvalue weighted by atomic mass is 35.7. The number of carboxylic acid groups (broad SMARTS) is 1. The topological polar surface area (TPSA) is 71.4 Å². The van der Waals surface area contributed by atoms with Crippen LogP contribution in [0.15, 0.2) is 17.0 Å². The average Bonchev–Trinajstić information content (AvgIpc) is 2.06. The van der Waals surface area contributed by atoms with Crippen molar-refractivity contribution in [2.24, 2.45) is 0 Å². The molecule has 4 nitrogen and oxygen atoms in total. The third-order valence-corrected chi connectivity index (χ3v) is 3.90. The first-order chi connectivity index (χ1) is 6.75. The highest BCUT2D eigenvalue weighted by molar-refractivity contribution is 8.13. The highest BCUT2D eigenvalue weighted by Gasteiger charge is 2.21. The molecule has 0 bridgehead atoms. The molecule has 0 heterocycles. The number of halogens is 3. The standard InChI is InChI=1S/C7H3Cl3O4S/c8-5-3(7(11)12)1-2-4(6(5)9)15(10,13)14/h1-2H,(H,11,12). The normalized spacial score (nSPS) is 11.4. The molecule has 0 atom stereocenters. The molecule has 1 N–H and O–H groups in total. The largest absolute Gasteiger partial charge is 0.478 e. The first-order valence-electron chi connectivity index (χ1n) is 3.41. The summed E-state index contributed by atoms with van der Waals surface area (Å²) in [4.78, 5) is 10.2. The minimum atomic E-state index is -4.04. The number of hydrogen-bond donors (Lipinski definition) is 1. The van der Waals surface area contributed by atoms with Crippen LogP contribution in [0.5, 0.6) is 0 Å². The molecule has 0 radical (unpaired) electrons. The zero-order valence-corrected chi connectivity index (χ0v) is 9.95. The third kappa shape index (κ3) is 2.55. The predicted molar refractivity (Wildman–Crippen MR) is 56.5 cm³/mol. The summed E-state index contributed by atoms with van der Waals surface area (Å²) in [5.41, 5.74) is -0.286. The molecule has 82 valence electrons. The number of benzene rings is 1. The second-order valence-corrected chi connectivity index (χ2v) is 5.77. The summed E-state index contributed by atoms with van der Waals surface area (Å²) in [6.45, 7) is 0. The number of aromatic carboxylic acids is 1. The molecule has 0 aromatic heterocycles. The van der Waals surface area contributed by atoms with Crippen LogP contribution in [-0.2, 0) is 9.05 Å². The molecule has 1 rings (SSSR count). The van der Waals surface area contributed by atoms with Crippen molar-refractivity contribution in [3.8, 4) is 0 Å². The van der Waals surface area contributed by atoms with E-state index in [1.54, 1.807) is 0 Å². The van der Waals surface area contributed by atoms with Crippen LogP contribution >= 0.6 is 33.9 Å². The van der Waals surface area contributed by atoms with Crippen LogP contribution in [0.1, 0.15) is 10.4 Å². The molecule has 0 saturated heterocycles. The van der Waals surface area contributed by atoms with Crippen molar-refractivity contribution in [2.45, 2.75) is 4.90 Å². The summed E-state index contributed by atoms with van der Waals surface area (Å²) in [5, 5.41) is 7.91. The number of hydrogen-bond acceptors (Lipinski definition) is 3. The van der Waals surface area contributed by atoms with E-state index in [1.807, 2.05) is 0 Å². The van der Waals surface area contributed by atoms with Crippen LogP contribution in [0.4, 0.5) is 0 Å². The van der Waals surface area contributed by atoms with Crippen LogP contribution in [0.25, 0.3) is 0 Å². The van der Waals surface area contributed by atoms with Crippen LogP contribution in [0.3, 0.4) is 0 Å². The van der Waals surface area contributed by atoms with Crippen LogP contribution in [0.2, 0.25) is 10.0 Å². The lowest BCUT2D eigenvalue weighted by atomic mass is 10.2. The van der Waals surface area contributed by atoms with Gasteiger partial charge in [-0.05, 0) is 12.1 Å². The fourth-order valence-electron chi connectivity index (χ4n) is 0.885. The van der Waals surface area contributed by atoms with Crippen LogP contribution in [-0.4, -0.2) is 19.5 Å². The Bertz CT molecular complexity index is 523. The van der Waals surface area contributed by atoms with Crippen molar-refractivity contribution in [1.29, 1.82) is 0 Å². The van der Waals surface area contributed by atoms with E-state index >= 15 is 0 Å². The van der Waals surface area contributed by atoms with Gasteiger partial charge in [-0.2, -0.15) is 0 Å². The average molecular weight is 290 g/mol. The van der Waals surface area contributed by atoms with Gasteiger partial charge in [0.15, 0.2) is 0 Å². The fraction of sp³-hybridized carbons (Fsp3) is 0. The Hall–Kier alpha value is -0.490. The van der Waals surface area contributed by atoms with Gasteiger partial charge < -0.3 is 5.11 Å². The van der Waals surface area contributed by atoms with E-state index in [0.29, 0.717) is 0 Å². The maximum absolute atomic E-state index is 11.0. The molecular formula is C7H3Cl3O4S. The van der Waals surface area contributed by atoms with Gasteiger partial charge in [-0.25, -0.2) is 13.2 Å². The third-order valence-electron chi connectivity index (χ3n) is 1.54. The highest BCUT2D eigenvalue weighted by Crippen LogP contribution is 2.33. The Morgan fingerprint density at radius 1 is 1.20 bits per heavy atom. The molecule has 0 spiro atoms. The van der Waals surface area contributed by atoms with E-state index in [2.05, 4.69) is 0 Å². The zero-order valence-electron chi connectivity index (χ0n) is 6.87. The van der Waals surface area contributed by atoms with E-state index in [1.165, 1.54) is 0 Å². The second kappa shape index (κ2) is 4.17. The molecule has 15 heavy (non-hydrogen) atoms. The monoisotopic (exact) mass is 288 g/mol. The van der Waals surface area contributed by atoms with Crippen LogP contribution < -0.4 is 0 Å². The molecule has 8 heteroatoms. The fourth-order valence-corrected chi connectivity index (χ4v) is 2.71. The van der Waals surface area contributed by atoms with Gasteiger partial charge in [0.2, 0.25) is 0 Å².